The predicted octanol–water partition coefficient (Wildman–Crippen LogP) is 3.97. The highest BCUT2D eigenvalue weighted by Gasteiger charge is 2.29. The summed E-state index contributed by atoms with van der Waals surface area (Å²) in [6, 6.07) is 8.98. The van der Waals surface area contributed by atoms with Crippen LogP contribution in [-0.4, -0.2) is 72.2 Å². The van der Waals surface area contributed by atoms with Crippen molar-refractivity contribution in [3.63, 3.8) is 0 Å². The van der Waals surface area contributed by atoms with Gasteiger partial charge in [-0.05, 0) is 37.4 Å². The van der Waals surface area contributed by atoms with E-state index in [1.54, 1.807) is 24.4 Å². The second-order valence-electron chi connectivity index (χ2n) is 8.69. The zero-order valence-corrected chi connectivity index (χ0v) is 21.0. The van der Waals surface area contributed by atoms with E-state index in [2.05, 4.69) is 49.0 Å². The molecule has 1 amide bonds. The van der Waals surface area contributed by atoms with Crippen LogP contribution in [0.15, 0.2) is 55.1 Å². The number of nitrogens with one attached hydrogen (secondary N) is 2. The largest absolute Gasteiger partial charge is 0.450 e. The fourth-order valence-electron chi connectivity index (χ4n) is 4.10. The van der Waals surface area contributed by atoms with Crippen LogP contribution in [0.3, 0.4) is 0 Å². The first-order valence-electron chi connectivity index (χ1n) is 11.8. The summed E-state index contributed by atoms with van der Waals surface area (Å²) >= 11 is 6.34. The number of piperazine rings is 1. The molecule has 5 rings (SSSR count). The summed E-state index contributed by atoms with van der Waals surface area (Å²) < 4.78 is 18.6. The number of halogens is 2. The first kappa shape index (κ1) is 24.7. The Morgan fingerprint density at radius 3 is 2.59 bits per heavy atom. The van der Waals surface area contributed by atoms with E-state index >= 15 is 0 Å². The Kier molecular flexibility index (Phi) is 7.06. The number of rotatable bonds is 7. The van der Waals surface area contributed by atoms with Crippen molar-refractivity contribution in [1.82, 2.24) is 19.9 Å². The van der Waals surface area contributed by atoms with Gasteiger partial charge in [-0.15, -0.1) is 0 Å². The molecule has 2 aliphatic heterocycles. The molecule has 0 saturated carbocycles. The summed E-state index contributed by atoms with van der Waals surface area (Å²) in [6.07, 6.45) is 3.22. The van der Waals surface area contributed by atoms with Gasteiger partial charge in [0.05, 0.1) is 30.3 Å². The Hall–Kier alpha value is -3.96. The Labute approximate surface area is 218 Å². The number of anilines is 6. The third-order valence-electron chi connectivity index (χ3n) is 6.11. The second-order valence-corrected chi connectivity index (χ2v) is 9.10. The summed E-state index contributed by atoms with van der Waals surface area (Å²) in [7, 11) is 2.12. The maximum absolute atomic E-state index is 13.1. The summed E-state index contributed by atoms with van der Waals surface area (Å²) in [4.78, 5) is 31.6. The van der Waals surface area contributed by atoms with E-state index < -0.39 is 12.6 Å². The lowest BCUT2D eigenvalue weighted by Crippen LogP contribution is -2.44. The standard InChI is InChI=1S/C25H26ClFN8O2/c1-16-24(36)35(8-7-27)20-13-17(3-5-21(20)37-16)30-23-19(26)15-29-25(32-23)31-18-4-6-22(28-14-18)34-11-9-33(2)10-12-34/h3-6,13-15H,1,7-12H2,2H3,(H2,29,30,31,32). The summed E-state index contributed by atoms with van der Waals surface area (Å²) in [6.45, 7) is 6.68. The molecule has 1 saturated heterocycles. The van der Waals surface area contributed by atoms with Crippen molar-refractivity contribution < 1.29 is 13.9 Å². The van der Waals surface area contributed by atoms with Crippen molar-refractivity contribution in [2.24, 2.45) is 0 Å². The number of aromatic nitrogens is 3. The van der Waals surface area contributed by atoms with Gasteiger partial charge in [-0.2, -0.15) is 4.98 Å². The Morgan fingerprint density at radius 1 is 1.08 bits per heavy atom. The third kappa shape index (κ3) is 5.42. The number of carbonyl (C=O) groups is 1. The molecule has 0 aliphatic carbocycles. The molecule has 0 bridgehead atoms. The van der Waals surface area contributed by atoms with E-state index in [1.807, 2.05) is 12.1 Å². The van der Waals surface area contributed by atoms with Gasteiger partial charge in [0, 0.05) is 31.9 Å². The number of amides is 1. The van der Waals surface area contributed by atoms with Gasteiger partial charge in [0.2, 0.25) is 5.95 Å². The van der Waals surface area contributed by atoms with Crippen LogP contribution in [0.5, 0.6) is 5.75 Å². The van der Waals surface area contributed by atoms with E-state index in [0.717, 1.165) is 37.7 Å². The number of nitrogens with zero attached hydrogens (tertiary/aromatic N) is 6. The lowest BCUT2D eigenvalue weighted by molar-refractivity contribution is -0.117. The highest BCUT2D eigenvalue weighted by molar-refractivity contribution is 6.32. The molecule has 4 heterocycles. The van der Waals surface area contributed by atoms with E-state index in [0.29, 0.717) is 33.9 Å². The lowest BCUT2D eigenvalue weighted by Gasteiger charge is -2.33. The molecule has 37 heavy (non-hydrogen) atoms. The maximum atomic E-state index is 13.1. The third-order valence-corrected chi connectivity index (χ3v) is 6.39. The quantitative estimate of drug-likeness (QED) is 0.445. The molecular weight excluding hydrogens is 499 g/mol. The minimum Gasteiger partial charge on any atom is -0.450 e. The smallest absolute Gasteiger partial charge is 0.293 e. The van der Waals surface area contributed by atoms with Crippen LogP contribution in [0, 0.1) is 0 Å². The highest BCUT2D eigenvalue weighted by Crippen LogP contribution is 2.38. The van der Waals surface area contributed by atoms with Crippen molar-refractivity contribution in [2.75, 3.05) is 66.9 Å². The maximum Gasteiger partial charge on any atom is 0.293 e. The lowest BCUT2D eigenvalue weighted by atomic mass is 10.2. The molecule has 2 aromatic heterocycles. The van der Waals surface area contributed by atoms with Gasteiger partial charge in [0.15, 0.2) is 17.3 Å². The molecule has 0 atom stereocenters. The first-order valence-corrected chi connectivity index (χ1v) is 12.1. The minimum absolute atomic E-state index is 0.0534. The Morgan fingerprint density at radius 2 is 1.86 bits per heavy atom. The average molecular weight is 525 g/mol. The summed E-state index contributed by atoms with van der Waals surface area (Å²) in [5, 5.41) is 6.58. The number of hydrogen-bond acceptors (Lipinski definition) is 9. The zero-order chi connectivity index (χ0) is 25.9. The van der Waals surface area contributed by atoms with Crippen molar-refractivity contribution in [1.29, 1.82) is 0 Å². The highest BCUT2D eigenvalue weighted by atomic mass is 35.5. The molecule has 12 heteroatoms. The SMILES string of the molecule is C=C1Oc2ccc(Nc3nc(Nc4ccc(N5CCN(C)CC5)nc4)ncc3Cl)cc2N(CCF)C1=O. The van der Waals surface area contributed by atoms with E-state index in [4.69, 9.17) is 16.3 Å². The first-order chi connectivity index (χ1) is 17.9. The second kappa shape index (κ2) is 10.6. The van der Waals surface area contributed by atoms with Gasteiger partial charge < -0.3 is 25.2 Å². The number of pyridine rings is 1. The van der Waals surface area contributed by atoms with Crippen LogP contribution in [0.2, 0.25) is 5.02 Å². The van der Waals surface area contributed by atoms with Gasteiger partial charge in [-0.3, -0.25) is 9.69 Å². The van der Waals surface area contributed by atoms with Crippen LogP contribution < -0.4 is 25.2 Å². The van der Waals surface area contributed by atoms with Crippen LogP contribution in [-0.2, 0) is 4.79 Å². The van der Waals surface area contributed by atoms with Crippen molar-refractivity contribution in [3.8, 4) is 5.75 Å². The number of hydrogen-bond donors (Lipinski definition) is 2. The van der Waals surface area contributed by atoms with Crippen molar-refractivity contribution >= 4 is 52.2 Å². The molecular formula is C25H26ClFN8O2. The molecule has 10 nitrogen and oxygen atoms in total. The molecule has 1 aromatic carbocycles. The van der Waals surface area contributed by atoms with E-state index in [9.17, 15) is 9.18 Å². The molecule has 192 valence electrons. The monoisotopic (exact) mass is 524 g/mol. The zero-order valence-electron chi connectivity index (χ0n) is 20.2. The van der Waals surface area contributed by atoms with Crippen LogP contribution >= 0.6 is 11.6 Å². The summed E-state index contributed by atoms with van der Waals surface area (Å²) in [5.74, 6) is 1.48. The van der Waals surface area contributed by atoms with Gasteiger partial charge in [-0.25, -0.2) is 14.4 Å². The van der Waals surface area contributed by atoms with Gasteiger partial charge >= 0.3 is 0 Å². The number of ether oxygens (including phenoxy) is 1. The van der Waals surface area contributed by atoms with Crippen LogP contribution in [0.1, 0.15) is 0 Å². The fourth-order valence-corrected chi connectivity index (χ4v) is 4.24. The number of alkyl halides is 1. The normalized spacial score (nSPS) is 15.9. The Bertz CT molecular complexity index is 1310. The average Bonchev–Trinajstić information content (AvgIpc) is 2.90. The van der Waals surface area contributed by atoms with Gasteiger partial charge in [0.25, 0.3) is 5.91 Å². The Balaban J connectivity index is 1.31. The summed E-state index contributed by atoms with van der Waals surface area (Å²) in [5.41, 5.74) is 1.74. The number of fused-ring (bicyclic) bond motifs is 1. The predicted molar refractivity (Wildman–Crippen MR) is 142 cm³/mol. The van der Waals surface area contributed by atoms with Crippen LogP contribution in [0.25, 0.3) is 0 Å². The molecule has 0 unspecified atom stereocenters. The van der Waals surface area contributed by atoms with E-state index in [1.165, 1.54) is 11.1 Å². The van der Waals surface area contributed by atoms with Gasteiger partial charge in [0.1, 0.15) is 17.5 Å². The van der Waals surface area contributed by atoms with Gasteiger partial charge in [-0.1, -0.05) is 18.2 Å². The van der Waals surface area contributed by atoms with Crippen molar-refractivity contribution in [3.05, 3.63) is 60.1 Å². The topological polar surface area (TPSA) is 98.8 Å². The van der Waals surface area contributed by atoms with Crippen molar-refractivity contribution in [2.45, 2.75) is 0 Å². The fraction of sp³-hybridized carbons (Fsp3) is 0.280. The molecule has 2 aliphatic rings. The molecule has 3 aromatic rings. The molecule has 0 radical (unpaired) electrons. The minimum atomic E-state index is -0.700. The van der Waals surface area contributed by atoms with Crippen LogP contribution in [0.4, 0.5) is 39.0 Å². The molecule has 2 N–H and O–H groups in total. The number of likely N-dealkylation sites (N-methyl/N-ethyl adjacent to an activating group) is 1. The number of carbonyl (C=O) groups excluding carboxylic acids is 1. The molecule has 0 spiro atoms. The molecule has 1 fully saturated rings. The van der Waals surface area contributed by atoms with E-state index in [-0.39, 0.29) is 12.3 Å². The number of benzene rings is 1.